The molecule has 1 heterocycles. The Morgan fingerprint density at radius 2 is 2.24 bits per heavy atom. The van der Waals surface area contributed by atoms with E-state index in [1.54, 1.807) is 12.1 Å². The standard InChI is InChI=1S/C15H23N3O3/c1-3-5-16-12-7-13(9-14(8-12)18(20)21)17-6-4-11(2)15(19)10-17/h7-9,11,15-16,19H,3-6,10H2,1-2H3. The van der Waals surface area contributed by atoms with Crippen LogP contribution in [0, 0.1) is 16.0 Å². The van der Waals surface area contributed by atoms with Gasteiger partial charge in [-0.3, -0.25) is 10.1 Å². The number of benzene rings is 1. The number of aliphatic hydroxyl groups is 1. The normalized spacial score (nSPS) is 22.1. The minimum Gasteiger partial charge on any atom is -0.391 e. The Kier molecular flexibility index (Phi) is 5.01. The maximum Gasteiger partial charge on any atom is 0.273 e. The number of nitrogens with one attached hydrogen (secondary N) is 1. The molecule has 6 nitrogen and oxygen atoms in total. The van der Waals surface area contributed by atoms with Gasteiger partial charge in [-0.25, -0.2) is 0 Å². The Hall–Kier alpha value is -1.82. The van der Waals surface area contributed by atoms with E-state index in [0.29, 0.717) is 6.54 Å². The lowest BCUT2D eigenvalue weighted by Gasteiger charge is -2.35. The van der Waals surface area contributed by atoms with Crippen molar-refractivity contribution < 1.29 is 10.0 Å². The Balaban J connectivity index is 2.25. The molecule has 2 atom stereocenters. The molecule has 1 aromatic rings. The summed E-state index contributed by atoms with van der Waals surface area (Å²) in [4.78, 5) is 12.7. The topological polar surface area (TPSA) is 78.6 Å². The number of nitro groups is 1. The maximum absolute atomic E-state index is 11.1. The highest BCUT2D eigenvalue weighted by Gasteiger charge is 2.25. The lowest BCUT2D eigenvalue weighted by atomic mass is 9.95. The highest BCUT2D eigenvalue weighted by atomic mass is 16.6. The van der Waals surface area contributed by atoms with Crippen LogP contribution in [0.2, 0.25) is 0 Å². The first-order chi connectivity index (χ1) is 10.0. The highest BCUT2D eigenvalue weighted by molar-refractivity contribution is 5.64. The van der Waals surface area contributed by atoms with Crippen molar-refractivity contribution >= 4 is 17.1 Å². The van der Waals surface area contributed by atoms with E-state index in [1.165, 1.54) is 0 Å². The Morgan fingerprint density at radius 1 is 1.48 bits per heavy atom. The van der Waals surface area contributed by atoms with Crippen molar-refractivity contribution in [1.82, 2.24) is 0 Å². The molecule has 1 aliphatic rings. The van der Waals surface area contributed by atoms with Gasteiger partial charge < -0.3 is 15.3 Å². The SMILES string of the molecule is CCCNc1cc(N2CCC(C)C(O)C2)cc([N+](=O)[O-])c1. The molecular formula is C15H23N3O3. The quantitative estimate of drug-likeness (QED) is 0.644. The van der Waals surface area contributed by atoms with Crippen LogP contribution in [-0.4, -0.2) is 35.8 Å². The van der Waals surface area contributed by atoms with Gasteiger partial charge in [0.2, 0.25) is 0 Å². The first-order valence-corrected chi connectivity index (χ1v) is 7.47. The zero-order chi connectivity index (χ0) is 15.4. The van der Waals surface area contributed by atoms with Crippen LogP contribution in [0.4, 0.5) is 17.1 Å². The number of rotatable bonds is 5. The summed E-state index contributed by atoms with van der Waals surface area (Å²) in [5.74, 6) is 0.276. The zero-order valence-corrected chi connectivity index (χ0v) is 12.6. The van der Waals surface area contributed by atoms with Crippen LogP contribution < -0.4 is 10.2 Å². The molecule has 0 aliphatic carbocycles. The van der Waals surface area contributed by atoms with Crippen molar-refractivity contribution in [2.45, 2.75) is 32.8 Å². The molecule has 0 bridgehead atoms. The molecule has 0 spiro atoms. The highest BCUT2D eigenvalue weighted by Crippen LogP contribution is 2.30. The largest absolute Gasteiger partial charge is 0.391 e. The molecule has 1 aromatic carbocycles. The molecule has 6 heteroatoms. The van der Waals surface area contributed by atoms with Crippen LogP contribution in [-0.2, 0) is 0 Å². The van der Waals surface area contributed by atoms with Crippen molar-refractivity contribution in [2.24, 2.45) is 5.92 Å². The number of piperidine rings is 1. The smallest absolute Gasteiger partial charge is 0.273 e. The van der Waals surface area contributed by atoms with Crippen molar-refractivity contribution in [2.75, 3.05) is 29.9 Å². The molecule has 0 amide bonds. The number of non-ortho nitro benzene ring substituents is 1. The zero-order valence-electron chi connectivity index (χ0n) is 12.6. The van der Waals surface area contributed by atoms with Gasteiger partial charge in [0.05, 0.1) is 11.0 Å². The van der Waals surface area contributed by atoms with Crippen LogP contribution >= 0.6 is 0 Å². The average molecular weight is 293 g/mol. The average Bonchev–Trinajstić information content (AvgIpc) is 2.47. The molecule has 1 fully saturated rings. The van der Waals surface area contributed by atoms with Gasteiger partial charge in [0.25, 0.3) is 5.69 Å². The summed E-state index contributed by atoms with van der Waals surface area (Å²) in [6.07, 6.45) is 1.46. The summed E-state index contributed by atoms with van der Waals surface area (Å²) < 4.78 is 0. The first kappa shape index (κ1) is 15.6. The van der Waals surface area contributed by atoms with Gasteiger partial charge in [-0.1, -0.05) is 13.8 Å². The fourth-order valence-electron chi connectivity index (χ4n) is 2.54. The maximum atomic E-state index is 11.1. The van der Waals surface area contributed by atoms with Crippen LogP contribution in [0.3, 0.4) is 0 Å². The van der Waals surface area contributed by atoms with E-state index in [4.69, 9.17) is 0 Å². The third-order valence-electron chi connectivity index (χ3n) is 3.98. The Labute approximate surface area is 124 Å². The second-order valence-corrected chi connectivity index (χ2v) is 5.70. The molecule has 21 heavy (non-hydrogen) atoms. The minimum atomic E-state index is -0.384. The molecule has 1 aliphatic heterocycles. The molecule has 116 valence electrons. The number of aliphatic hydroxyl groups excluding tert-OH is 1. The predicted molar refractivity (Wildman–Crippen MR) is 83.9 cm³/mol. The number of nitro benzene ring substituents is 1. The fraction of sp³-hybridized carbons (Fsp3) is 0.600. The van der Waals surface area contributed by atoms with E-state index in [-0.39, 0.29) is 22.6 Å². The molecule has 0 aromatic heterocycles. The predicted octanol–water partition coefficient (Wildman–Crippen LogP) is 2.62. The third kappa shape index (κ3) is 3.85. The van der Waals surface area contributed by atoms with E-state index in [1.807, 2.05) is 24.8 Å². The van der Waals surface area contributed by atoms with Crippen LogP contribution in [0.25, 0.3) is 0 Å². The fourth-order valence-corrected chi connectivity index (χ4v) is 2.54. The van der Waals surface area contributed by atoms with E-state index in [2.05, 4.69) is 5.32 Å². The third-order valence-corrected chi connectivity index (χ3v) is 3.98. The van der Waals surface area contributed by atoms with Crippen molar-refractivity contribution in [3.8, 4) is 0 Å². The van der Waals surface area contributed by atoms with Crippen LogP contribution in [0.1, 0.15) is 26.7 Å². The molecule has 2 rings (SSSR count). The molecule has 0 saturated carbocycles. The van der Waals surface area contributed by atoms with E-state index in [0.717, 1.165) is 37.3 Å². The van der Waals surface area contributed by atoms with Gasteiger partial charge in [-0.05, 0) is 24.8 Å². The van der Waals surface area contributed by atoms with Crippen molar-refractivity contribution in [3.05, 3.63) is 28.3 Å². The lowest BCUT2D eigenvalue weighted by Crippen LogP contribution is -2.42. The number of anilines is 2. The molecule has 1 saturated heterocycles. The van der Waals surface area contributed by atoms with Gasteiger partial charge in [-0.2, -0.15) is 0 Å². The van der Waals surface area contributed by atoms with E-state index >= 15 is 0 Å². The van der Waals surface area contributed by atoms with Gasteiger partial charge in [0, 0.05) is 43.1 Å². The second-order valence-electron chi connectivity index (χ2n) is 5.70. The summed E-state index contributed by atoms with van der Waals surface area (Å²) in [7, 11) is 0. The molecule has 0 radical (unpaired) electrons. The van der Waals surface area contributed by atoms with E-state index < -0.39 is 0 Å². The molecule has 2 unspecified atom stereocenters. The van der Waals surface area contributed by atoms with Crippen molar-refractivity contribution in [3.63, 3.8) is 0 Å². The van der Waals surface area contributed by atoms with Gasteiger partial charge >= 0.3 is 0 Å². The van der Waals surface area contributed by atoms with Gasteiger partial charge in [-0.15, -0.1) is 0 Å². The number of hydrogen-bond acceptors (Lipinski definition) is 5. The first-order valence-electron chi connectivity index (χ1n) is 7.47. The molecular weight excluding hydrogens is 270 g/mol. The summed E-state index contributed by atoms with van der Waals surface area (Å²) in [5.41, 5.74) is 1.64. The molecule has 2 N–H and O–H groups in total. The summed E-state index contributed by atoms with van der Waals surface area (Å²) in [5, 5.41) is 24.3. The van der Waals surface area contributed by atoms with Crippen LogP contribution in [0.5, 0.6) is 0 Å². The van der Waals surface area contributed by atoms with Gasteiger partial charge in [0.15, 0.2) is 0 Å². The van der Waals surface area contributed by atoms with Crippen molar-refractivity contribution in [1.29, 1.82) is 0 Å². The number of hydrogen-bond donors (Lipinski definition) is 2. The second kappa shape index (κ2) is 6.76. The Morgan fingerprint density at radius 3 is 2.86 bits per heavy atom. The minimum absolute atomic E-state index is 0.0826. The number of nitrogens with zero attached hydrogens (tertiary/aromatic N) is 2. The summed E-state index contributed by atoms with van der Waals surface area (Å²) in [6.45, 7) is 6.19. The van der Waals surface area contributed by atoms with Gasteiger partial charge in [0.1, 0.15) is 0 Å². The summed E-state index contributed by atoms with van der Waals surface area (Å²) in [6, 6.07) is 5.06. The summed E-state index contributed by atoms with van der Waals surface area (Å²) >= 11 is 0. The monoisotopic (exact) mass is 293 g/mol. The lowest BCUT2D eigenvalue weighted by molar-refractivity contribution is -0.384. The Bertz CT molecular complexity index is 507. The number of β-amino-alcohol motifs (C(OH)–C–C–N with tert-alkyl or cyclic N) is 1. The van der Waals surface area contributed by atoms with E-state index in [9.17, 15) is 15.2 Å². The van der Waals surface area contributed by atoms with Crippen LogP contribution in [0.15, 0.2) is 18.2 Å².